The lowest BCUT2D eigenvalue weighted by Gasteiger charge is -2.13. The number of nitrogens with zero attached hydrogens (tertiary/aromatic N) is 1. The second kappa shape index (κ2) is 12.7. The number of nitriles is 1. The fourth-order valence-electron chi connectivity index (χ4n) is 3.14. The third kappa shape index (κ3) is 7.41. The molecule has 180 valence electrons. The molecule has 0 aliphatic rings. The van der Waals surface area contributed by atoms with Crippen molar-refractivity contribution in [2.75, 3.05) is 18.5 Å². The molecule has 8 heteroatoms. The van der Waals surface area contributed by atoms with E-state index in [1.807, 2.05) is 19.9 Å². The third-order valence-electron chi connectivity index (χ3n) is 4.74. The maximum Gasteiger partial charge on any atom is 0.266 e. The summed E-state index contributed by atoms with van der Waals surface area (Å²) in [5, 5.41) is 13.4. The van der Waals surface area contributed by atoms with Crippen LogP contribution in [0, 0.1) is 11.3 Å². The quantitative estimate of drug-likeness (QED) is 0.236. The zero-order valence-corrected chi connectivity index (χ0v) is 20.8. The highest BCUT2D eigenvalue weighted by Crippen LogP contribution is 2.31. The summed E-state index contributed by atoms with van der Waals surface area (Å²) >= 11 is 12.2. The van der Waals surface area contributed by atoms with Crippen LogP contribution in [0.25, 0.3) is 6.08 Å². The van der Waals surface area contributed by atoms with Gasteiger partial charge in [-0.3, -0.25) is 4.79 Å². The van der Waals surface area contributed by atoms with Gasteiger partial charge in [0.05, 0.1) is 13.2 Å². The van der Waals surface area contributed by atoms with E-state index in [0.717, 1.165) is 5.56 Å². The number of nitrogens with one attached hydrogen (secondary N) is 1. The molecule has 0 saturated carbocycles. The first kappa shape index (κ1) is 26.0. The van der Waals surface area contributed by atoms with E-state index in [1.54, 1.807) is 60.7 Å². The van der Waals surface area contributed by atoms with E-state index in [0.29, 0.717) is 51.8 Å². The average molecular weight is 511 g/mol. The minimum atomic E-state index is -0.531. The summed E-state index contributed by atoms with van der Waals surface area (Å²) < 4.78 is 17.1. The lowest BCUT2D eigenvalue weighted by molar-refractivity contribution is -0.112. The predicted octanol–water partition coefficient (Wildman–Crippen LogP) is 6.92. The zero-order valence-electron chi connectivity index (χ0n) is 19.3. The van der Waals surface area contributed by atoms with Crippen LogP contribution in [-0.4, -0.2) is 19.1 Å². The molecule has 0 aliphatic carbocycles. The van der Waals surface area contributed by atoms with E-state index in [2.05, 4.69) is 5.32 Å². The SMILES string of the molecule is CCOc1cccc(NC(=O)C(C#N)=Cc2ccc(OCc3ccc(Cl)cc3Cl)c(OCC)c2)c1. The highest BCUT2D eigenvalue weighted by Gasteiger charge is 2.13. The summed E-state index contributed by atoms with van der Waals surface area (Å²) in [5.74, 6) is 1.08. The van der Waals surface area contributed by atoms with Crippen molar-refractivity contribution in [3.63, 3.8) is 0 Å². The molecule has 3 rings (SSSR count). The first-order chi connectivity index (χ1) is 16.9. The van der Waals surface area contributed by atoms with Crippen molar-refractivity contribution in [3.8, 4) is 23.3 Å². The molecule has 6 nitrogen and oxygen atoms in total. The number of carbonyl (C=O) groups excluding carboxylic acids is 1. The second-order valence-corrected chi connectivity index (χ2v) is 8.09. The first-order valence-corrected chi connectivity index (χ1v) is 11.7. The number of ether oxygens (including phenoxy) is 3. The van der Waals surface area contributed by atoms with E-state index in [1.165, 1.54) is 6.08 Å². The molecule has 0 fully saturated rings. The number of hydrogen-bond acceptors (Lipinski definition) is 5. The summed E-state index contributed by atoms with van der Waals surface area (Å²) in [6, 6.07) is 19.3. The second-order valence-electron chi connectivity index (χ2n) is 7.25. The predicted molar refractivity (Wildman–Crippen MR) is 138 cm³/mol. The fourth-order valence-corrected chi connectivity index (χ4v) is 3.60. The van der Waals surface area contributed by atoms with Crippen LogP contribution in [-0.2, 0) is 11.4 Å². The lowest BCUT2D eigenvalue weighted by Crippen LogP contribution is -2.13. The molecule has 0 saturated heterocycles. The van der Waals surface area contributed by atoms with E-state index >= 15 is 0 Å². The van der Waals surface area contributed by atoms with Gasteiger partial charge >= 0.3 is 0 Å². The molecule has 0 aromatic heterocycles. The van der Waals surface area contributed by atoms with Crippen molar-refractivity contribution in [2.45, 2.75) is 20.5 Å². The molecule has 0 radical (unpaired) electrons. The average Bonchev–Trinajstić information content (AvgIpc) is 2.83. The van der Waals surface area contributed by atoms with Gasteiger partial charge in [-0.25, -0.2) is 0 Å². The van der Waals surface area contributed by atoms with Crippen molar-refractivity contribution in [2.24, 2.45) is 0 Å². The van der Waals surface area contributed by atoms with Crippen LogP contribution in [0.5, 0.6) is 17.2 Å². The van der Waals surface area contributed by atoms with Gasteiger partial charge in [0.25, 0.3) is 5.91 Å². The number of rotatable bonds is 10. The molecule has 1 N–H and O–H groups in total. The van der Waals surface area contributed by atoms with Crippen LogP contribution in [0.3, 0.4) is 0 Å². The Morgan fingerprint density at radius 1 is 0.971 bits per heavy atom. The van der Waals surface area contributed by atoms with Gasteiger partial charge in [0.2, 0.25) is 0 Å². The van der Waals surface area contributed by atoms with Gasteiger partial charge in [0, 0.05) is 27.4 Å². The van der Waals surface area contributed by atoms with Gasteiger partial charge in [-0.2, -0.15) is 5.26 Å². The van der Waals surface area contributed by atoms with Gasteiger partial charge in [-0.05, 0) is 61.9 Å². The van der Waals surface area contributed by atoms with E-state index in [9.17, 15) is 10.1 Å². The van der Waals surface area contributed by atoms with Crippen LogP contribution in [0.1, 0.15) is 25.0 Å². The number of anilines is 1. The Labute approximate surface area is 214 Å². The van der Waals surface area contributed by atoms with Crippen LogP contribution in [0.4, 0.5) is 5.69 Å². The number of halogens is 2. The molecule has 35 heavy (non-hydrogen) atoms. The summed E-state index contributed by atoms with van der Waals surface area (Å²) in [5.41, 5.74) is 1.86. The molecule has 1 amide bonds. The van der Waals surface area contributed by atoms with Crippen molar-refractivity contribution in [3.05, 3.63) is 87.4 Å². The molecule has 3 aromatic carbocycles. The van der Waals surface area contributed by atoms with Gasteiger partial charge in [0.15, 0.2) is 11.5 Å². The Kier molecular flexibility index (Phi) is 9.42. The molecule has 0 heterocycles. The Hall–Kier alpha value is -3.66. The first-order valence-electron chi connectivity index (χ1n) is 10.9. The highest BCUT2D eigenvalue weighted by atomic mass is 35.5. The van der Waals surface area contributed by atoms with Gasteiger partial charge in [-0.15, -0.1) is 0 Å². The smallest absolute Gasteiger partial charge is 0.266 e. The van der Waals surface area contributed by atoms with E-state index in [4.69, 9.17) is 37.4 Å². The van der Waals surface area contributed by atoms with Crippen molar-refractivity contribution in [1.82, 2.24) is 0 Å². The number of benzene rings is 3. The summed E-state index contributed by atoms with van der Waals surface area (Å²) in [6.07, 6.45) is 1.49. The van der Waals surface area contributed by atoms with Gasteiger partial charge in [0.1, 0.15) is 24.0 Å². The van der Waals surface area contributed by atoms with E-state index < -0.39 is 5.91 Å². The number of amides is 1. The van der Waals surface area contributed by atoms with Gasteiger partial charge in [-0.1, -0.05) is 41.4 Å². The van der Waals surface area contributed by atoms with Crippen molar-refractivity contribution >= 4 is 40.9 Å². The largest absolute Gasteiger partial charge is 0.494 e. The van der Waals surface area contributed by atoms with Crippen LogP contribution in [0.2, 0.25) is 10.0 Å². The molecular weight excluding hydrogens is 487 g/mol. The Morgan fingerprint density at radius 2 is 1.77 bits per heavy atom. The topological polar surface area (TPSA) is 80.6 Å². The molecule has 3 aromatic rings. The Bertz CT molecular complexity index is 1270. The fraction of sp³-hybridized carbons (Fsp3) is 0.185. The third-order valence-corrected chi connectivity index (χ3v) is 5.33. The standard InChI is InChI=1S/C27H24Cl2N2O4/c1-3-33-23-7-5-6-22(15-23)31-27(32)20(16-30)12-18-8-11-25(26(13-18)34-4-2)35-17-19-9-10-21(28)14-24(19)29/h5-15H,3-4,17H2,1-2H3,(H,31,32). The Morgan fingerprint density at radius 3 is 2.49 bits per heavy atom. The molecule has 0 spiro atoms. The molecular formula is C27H24Cl2N2O4. The minimum absolute atomic E-state index is 0.0594. The van der Waals surface area contributed by atoms with Crippen molar-refractivity contribution in [1.29, 1.82) is 5.26 Å². The van der Waals surface area contributed by atoms with Gasteiger partial charge < -0.3 is 19.5 Å². The number of hydrogen-bond donors (Lipinski definition) is 1. The maximum atomic E-state index is 12.7. The molecule has 0 atom stereocenters. The number of carbonyl (C=O) groups is 1. The minimum Gasteiger partial charge on any atom is -0.494 e. The molecule has 0 aliphatic heterocycles. The van der Waals surface area contributed by atoms with E-state index in [-0.39, 0.29) is 12.2 Å². The normalized spacial score (nSPS) is 10.9. The summed E-state index contributed by atoms with van der Waals surface area (Å²) in [4.78, 5) is 12.7. The summed E-state index contributed by atoms with van der Waals surface area (Å²) in [7, 11) is 0. The zero-order chi connectivity index (χ0) is 25.2. The maximum absolute atomic E-state index is 12.7. The molecule has 0 bridgehead atoms. The Balaban J connectivity index is 1.77. The van der Waals surface area contributed by atoms with Crippen LogP contribution >= 0.6 is 23.2 Å². The highest BCUT2D eigenvalue weighted by molar-refractivity contribution is 6.35. The van der Waals surface area contributed by atoms with Crippen LogP contribution in [0.15, 0.2) is 66.2 Å². The lowest BCUT2D eigenvalue weighted by atomic mass is 10.1. The van der Waals surface area contributed by atoms with Crippen LogP contribution < -0.4 is 19.5 Å². The molecule has 0 unspecified atom stereocenters. The summed E-state index contributed by atoms with van der Waals surface area (Å²) in [6.45, 7) is 4.87. The van der Waals surface area contributed by atoms with Crippen molar-refractivity contribution < 1.29 is 19.0 Å². The monoisotopic (exact) mass is 510 g/mol.